The molecule has 20 heavy (non-hydrogen) atoms. The molecular formula is C14H15ClN2O3. The Bertz CT molecular complexity index is 623. The van der Waals surface area contributed by atoms with E-state index in [0.717, 1.165) is 0 Å². The van der Waals surface area contributed by atoms with Crippen LogP contribution in [-0.4, -0.2) is 20.6 Å². The number of aromatic carboxylic acids is 1. The zero-order valence-electron chi connectivity index (χ0n) is 11.2. The number of ether oxygens (including phenoxy) is 1. The topological polar surface area (TPSA) is 64.4 Å². The van der Waals surface area contributed by atoms with Crippen LogP contribution in [0.3, 0.4) is 0 Å². The van der Waals surface area contributed by atoms with Gasteiger partial charge in [0.1, 0.15) is 12.4 Å². The maximum absolute atomic E-state index is 11.1. The van der Waals surface area contributed by atoms with Gasteiger partial charge in [0.2, 0.25) is 5.82 Å². The second kappa shape index (κ2) is 5.96. The van der Waals surface area contributed by atoms with Gasteiger partial charge in [0.05, 0.1) is 16.9 Å². The summed E-state index contributed by atoms with van der Waals surface area (Å²) in [6, 6.07) is 7.11. The van der Waals surface area contributed by atoms with Gasteiger partial charge in [-0.05, 0) is 26.0 Å². The third-order valence-corrected chi connectivity index (χ3v) is 3.11. The van der Waals surface area contributed by atoms with E-state index in [2.05, 4.69) is 4.98 Å². The normalized spacial score (nSPS) is 10.8. The van der Waals surface area contributed by atoms with Crippen molar-refractivity contribution in [2.75, 3.05) is 0 Å². The fourth-order valence-electron chi connectivity index (χ4n) is 1.95. The average molecular weight is 295 g/mol. The van der Waals surface area contributed by atoms with Gasteiger partial charge in [-0.25, -0.2) is 9.78 Å². The molecular weight excluding hydrogens is 280 g/mol. The molecule has 0 radical (unpaired) electrons. The summed E-state index contributed by atoms with van der Waals surface area (Å²) in [6.07, 6.45) is 1.51. The van der Waals surface area contributed by atoms with E-state index in [0.29, 0.717) is 16.5 Å². The first-order valence-corrected chi connectivity index (χ1v) is 6.55. The molecule has 2 aromatic rings. The van der Waals surface area contributed by atoms with Crippen molar-refractivity contribution >= 4 is 17.6 Å². The van der Waals surface area contributed by atoms with Crippen LogP contribution in [0.15, 0.2) is 30.5 Å². The monoisotopic (exact) mass is 294 g/mol. The molecule has 0 atom stereocenters. The number of para-hydroxylation sites is 1. The van der Waals surface area contributed by atoms with E-state index >= 15 is 0 Å². The number of carboxylic acids is 1. The van der Waals surface area contributed by atoms with Crippen LogP contribution in [0, 0.1) is 0 Å². The number of halogens is 1. The number of hydrogen-bond donors (Lipinski definition) is 1. The van der Waals surface area contributed by atoms with Crippen molar-refractivity contribution in [3.05, 3.63) is 47.0 Å². The van der Waals surface area contributed by atoms with E-state index in [-0.39, 0.29) is 18.5 Å². The van der Waals surface area contributed by atoms with E-state index in [4.69, 9.17) is 21.4 Å². The highest BCUT2D eigenvalue weighted by Crippen LogP contribution is 2.24. The summed E-state index contributed by atoms with van der Waals surface area (Å²) in [4.78, 5) is 15.0. The first-order chi connectivity index (χ1) is 9.50. The van der Waals surface area contributed by atoms with E-state index in [9.17, 15) is 4.79 Å². The van der Waals surface area contributed by atoms with Crippen molar-refractivity contribution in [2.45, 2.75) is 26.5 Å². The molecule has 1 heterocycles. The minimum atomic E-state index is -1.05. The van der Waals surface area contributed by atoms with Crippen LogP contribution in [0.1, 0.15) is 36.2 Å². The lowest BCUT2D eigenvalue weighted by Crippen LogP contribution is -2.15. The summed E-state index contributed by atoms with van der Waals surface area (Å²) in [7, 11) is 0. The summed E-state index contributed by atoms with van der Waals surface area (Å²) in [5, 5.41) is 9.63. The molecule has 5 nitrogen and oxygen atoms in total. The van der Waals surface area contributed by atoms with Crippen molar-refractivity contribution < 1.29 is 14.6 Å². The van der Waals surface area contributed by atoms with Gasteiger partial charge < -0.3 is 14.4 Å². The number of aromatic nitrogens is 2. The zero-order valence-corrected chi connectivity index (χ0v) is 12.0. The minimum Gasteiger partial charge on any atom is -0.486 e. The quantitative estimate of drug-likeness (QED) is 0.918. The zero-order chi connectivity index (χ0) is 14.7. The molecule has 0 amide bonds. The van der Waals surface area contributed by atoms with Gasteiger partial charge in [-0.3, -0.25) is 0 Å². The lowest BCUT2D eigenvalue weighted by molar-refractivity contribution is 0.0675. The largest absolute Gasteiger partial charge is 0.486 e. The summed E-state index contributed by atoms with van der Waals surface area (Å²) >= 11 is 6.01. The third-order valence-electron chi connectivity index (χ3n) is 2.79. The Labute approximate surface area is 121 Å². The van der Waals surface area contributed by atoms with Crippen LogP contribution >= 0.6 is 11.6 Å². The summed E-state index contributed by atoms with van der Waals surface area (Å²) in [6.45, 7) is 4.00. The molecule has 0 bridgehead atoms. The average Bonchev–Trinajstić information content (AvgIpc) is 2.82. The Morgan fingerprint density at radius 2 is 2.15 bits per heavy atom. The van der Waals surface area contributed by atoms with Crippen molar-refractivity contribution in [1.29, 1.82) is 0 Å². The number of hydrogen-bond acceptors (Lipinski definition) is 3. The van der Waals surface area contributed by atoms with Crippen molar-refractivity contribution in [2.24, 2.45) is 0 Å². The molecule has 0 saturated carbocycles. The van der Waals surface area contributed by atoms with E-state index in [1.807, 2.05) is 26.0 Å². The standard InChI is InChI=1S/C14H15ClN2O3/c1-9(2)17-10(7-16-13(17)14(18)19)8-20-12-6-4-3-5-11(12)15/h3-7,9H,8H2,1-2H3,(H,18,19). The number of carboxylic acid groups (broad SMARTS) is 1. The third kappa shape index (κ3) is 2.93. The maximum Gasteiger partial charge on any atom is 0.372 e. The molecule has 0 saturated heterocycles. The molecule has 0 fully saturated rings. The molecule has 0 aliphatic carbocycles. The predicted molar refractivity (Wildman–Crippen MR) is 75.4 cm³/mol. The molecule has 1 aromatic carbocycles. The smallest absolute Gasteiger partial charge is 0.372 e. The van der Waals surface area contributed by atoms with Crippen molar-refractivity contribution in [1.82, 2.24) is 9.55 Å². The number of rotatable bonds is 5. The molecule has 6 heteroatoms. The SMILES string of the molecule is CC(C)n1c(COc2ccccc2Cl)cnc1C(=O)O. The second-order valence-electron chi connectivity index (χ2n) is 4.56. The van der Waals surface area contributed by atoms with Crippen LogP contribution in [0.25, 0.3) is 0 Å². The molecule has 1 aromatic heterocycles. The van der Waals surface area contributed by atoms with Gasteiger partial charge in [-0.1, -0.05) is 23.7 Å². The van der Waals surface area contributed by atoms with Gasteiger partial charge >= 0.3 is 5.97 Å². The Morgan fingerprint density at radius 1 is 1.45 bits per heavy atom. The van der Waals surface area contributed by atoms with Gasteiger partial charge in [0.15, 0.2) is 0 Å². The lowest BCUT2D eigenvalue weighted by atomic mass is 10.3. The minimum absolute atomic E-state index is 0.0118. The Kier molecular flexibility index (Phi) is 4.29. The molecule has 106 valence electrons. The van der Waals surface area contributed by atoms with Gasteiger partial charge in [-0.2, -0.15) is 0 Å². The van der Waals surface area contributed by atoms with Crippen LogP contribution in [0.5, 0.6) is 5.75 Å². The number of nitrogens with zero attached hydrogens (tertiary/aromatic N) is 2. The molecule has 2 rings (SSSR count). The summed E-state index contributed by atoms with van der Waals surface area (Å²) in [5.74, 6) is -0.483. The highest BCUT2D eigenvalue weighted by atomic mass is 35.5. The van der Waals surface area contributed by atoms with Gasteiger partial charge in [-0.15, -0.1) is 0 Å². The van der Waals surface area contributed by atoms with E-state index in [1.54, 1.807) is 16.7 Å². The van der Waals surface area contributed by atoms with Crippen molar-refractivity contribution in [3.8, 4) is 5.75 Å². The Morgan fingerprint density at radius 3 is 2.75 bits per heavy atom. The fourth-order valence-corrected chi connectivity index (χ4v) is 2.14. The first-order valence-electron chi connectivity index (χ1n) is 6.17. The Hall–Kier alpha value is -2.01. The molecule has 0 aliphatic heterocycles. The van der Waals surface area contributed by atoms with Gasteiger partial charge in [0.25, 0.3) is 0 Å². The second-order valence-corrected chi connectivity index (χ2v) is 4.97. The van der Waals surface area contributed by atoms with E-state index < -0.39 is 5.97 Å². The van der Waals surface area contributed by atoms with E-state index in [1.165, 1.54) is 6.20 Å². The number of carbonyl (C=O) groups is 1. The highest BCUT2D eigenvalue weighted by Gasteiger charge is 2.18. The van der Waals surface area contributed by atoms with Gasteiger partial charge in [0, 0.05) is 6.04 Å². The fraction of sp³-hybridized carbons (Fsp3) is 0.286. The predicted octanol–water partition coefficient (Wildman–Crippen LogP) is 3.39. The lowest BCUT2D eigenvalue weighted by Gasteiger charge is -2.14. The van der Waals surface area contributed by atoms with Crippen LogP contribution in [-0.2, 0) is 6.61 Å². The summed E-state index contributed by atoms with van der Waals surface area (Å²) in [5.41, 5.74) is 0.692. The molecule has 0 unspecified atom stereocenters. The highest BCUT2D eigenvalue weighted by molar-refractivity contribution is 6.32. The van der Waals surface area contributed by atoms with Crippen LogP contribution < -0.4 is 4.74 Å². The summed E-state index contributed by atoms with van der Waals surface area (Å²) < 4.78 is 7.26. The first kappa shape index (κ1) is 14.4. The maximum atomic E-state index is 11.1. The number of benzene rings is 1. The number of imidazole rings is 1. The molecule has 1 N–H and O–H groups in total. The molecule has 0 aliphatic rings. The van der Waals surface area contributed by atoms with Crippen molar-refractivity contribution in [3.63, 3.8) is 0 Å². The molecule has 0 spiro atoms. The van der Waals surface area contributed by atoms with Crippen LogP contribution in [0.2, 0.25) is 5.02 Å². The van der Waals surface area contributed by atoms with Crippen LogP contribution in [0.4, 0.5) is 0 Å². The Balaban J connectivity index is 2.22.